The molecular formula is C15H18ClN3. The average molecular weight is 276 g/mol. The first kappa shape index (κ1) is 12.7. The van der Waals surface area contributed by atoms with Crippen molar-refractivity contribution in [3.8, 4) is 11.3 Å². The van der Waals surface area contributed by atoms with Crippen molar-refractivity contribution in [1.29, 1.82) is 0 Å². The standard InChI is InChI=1S/C15H18ClN3/c1-10-15(12-2-4-13(16)5-3-12)19-14(18-10)8-11-6-7-17-9-11/h2-5,11,17H,6-9H2,1H3,(H,18,19). The van der Waals surface area contributed by atoms with Crippen LogP contribution in [0.4, 0.5) is 0 Å². The number of nitrogens with zero attached hydrogens (tertiary/aromatic N) is 1. The summed E-state index contributed by atoms with van der Waals surface area (Å²) in [6, 6.07) is 7.86. The van der Waals surface area contributed by atoms with Gasteiger partial charge in [-0.05, 0) is 44.5 Å². The first-order valence-electron chi connectivity index (χ1n) is 6.74. The van der Waals surface area contributed by atoms with Crippen LogP contribution in [0.1, 0.15) is 17.9 Å². The van der Waals surface area contributed by atoms with Crippen molar-refractivity contribution in [3.63, 3.8) is 0 Å². The monoisotopic (exact) mass is 275 g/mol. The summed E-state index contributed by atoms with van der Waals surface area (Å²) < 4.78 is 0. The van der Waals surface area contributed by atoms with Gasteiger partial charge < -0.3 is 10.3 Å². The van der Waals surface area contributed by atoms with Crippen LogP contribution in [0.2, 0.25) is 5.02 Å². The summed E-state index contributed by atoms with van der Waals surface area (Å²) in [7, 11) is 0. The molecule has 1 aromatic carbocycles. The van der Waals surface area contributed by atoms with Crippen LogP contribution in [0.15, 0.2) is 24.3 Å². The summed E-state index contributed by atoms with van der Waals surface area (Å²) >= 11 is 5.92. The van der Waals surface area contributed by atoms with Gasteiger partial charge in [0.1, 0.15) is 5.82 Å². The van der Waals surface area contributed by atoms with Gasteiger partial charge in [0.25, 0.3) is 0 Å². The van der Waals surface area contributed by atoms with E-state index in [1.54, 1.807) is 0 Å². The first-order valence-corrected chi connectivity index (χ1v) is 7.12. The van der Waals surface area contributed by atoms with E-state index in [4.69, 9.17) is 16.6 Å². The third kappa shape index (κ3) is 2.82. The highest BCUT2D eigenvalue weighted by molar-refractivity contribution is 6.30. The van der Waals surface area contributed by atoms with Gasteiger partial charge in [0.05, 0.1) is 5.69 Å². The first-order chi connectivity index (χ1) is 9.22. The molecule has 0 saturated carbocycles. The minimum absolute atomic E-state index is 0.712. The Balaban J connectivity index is 1.82. The largest absolute Gasteiger partial charge is 0.346 e. The molecular weight excluding hydrogens is 258 g/mol. The molecule has 3 nitrogen and oxygen atoms in total. The lowest BCUT2D eigenvalue weighted by Gasteiger charge is -2.04. The molecule has 0 aliphatic carbocycles. The smallest absolute Gasteiger partial charge is 0.107 e. The second-order valence-electron chi connectivity index (χ2n) is 5.23. The second kappa shape index (κ2) is 5.35. The number of hydrogen-bond donors (Lipinski definition) is 2. The van der Waals surface area contributed by atoms with Crippen LogP contribution >= 0.6 is 11.6 Å². The van der Waals surface area contributed by atoms with Crippen molar-refractivity contribution in [3.05, 3.63) is 40.8 Å². The number of aromatic nitrogens is 2. The van der Waals surface area contributed by atoms with Crippen molar-refractivity contribution >= 4 is 11.6 Å². The molecule has 1 aliphatic rings. The molecule has 1 fully saturated rings. The molecule has 2 N–H and O–H groups in total. The molecule has 0 bridgehead atoms. The zero-order chi connectivity index (χ0) is 13.2. The number of hydrogen-bond acceptors (Lipinski definition) is 2. The molecule has 19 heavy (non-hydrogen) atoms. The lowest BCUT2D eigenvalue weighted by Crippen LogP contribution is -2.11. The minimum Gasteiger partial charge on any atom is -0.346 e. The van der Waals surface area contributed by atoms with E-state index in [1.165, 1.54) is 6.42 Å². The Hall–Kier alpha value is -1.32. The van der Waals surface area contributed by atoms with Gasteiger partial charge in [0.2, 0.25) is 0 Å². The van der Waals surface area contributed by atoms with Gasteiger partial charge in [0.15, 0.2) is 0 Å². The second-order valence-corrected chi connectivity index (χ2v) is 5.66. The van der Waals surface area contributed by atoms with Crippen LogP contribution < -0.4 is 5.32 Å². The van der Waals surface area contributed by atoms with Crippen LogP contribution in [0.5, 0.6) is 0 Å². The summed E-state index contributed by atoms with van der Waals surface area (Å²) in [4.78, 5) is 8.16. The highest BCUT2D eigenvalue weighted by atomic mass is 35.5. The van der Waals surface area contributed by atoms with Crippen molar-refractivity contribution < 1.29 is 0 Å². The molecule has 0 amide bonds. The average Bonchev–Trinajstić information content (AvgIpc) is 3.01. The predicted octanol–water partition coefficient (Wildman–Crippen LogP) is 3.19. The van der Waals surface area contributed by atoms with Crippen molar-refractivity contribution in [2.24, 2.45) is 5.92 Å². The van der Waals surface area contributed by atoms with Crippen LogP contribution in [0.25, 0.3) is 11.3 Å². The molecule has 1 unspecified atom stereocenters. The highest BCUT2D eigenvalue weighted by Gasteiger charge is 2.17. The fourth-order valence-corrected chi connectivity index (χ4v) is 2.80. The quantitative estimate of drug-likeness (QED) is 0.903. The van der Waals surface area contributed by atoms with E-state index in [9.17, 15) is 0 Å². The summed E-state index contributed by atoms with van der Waals surface area (Å²) in [5.41, 5.74) is 3.29. The van der Waals surface area contributed by atoms with Crippen LogP contribution in [0.3, 0.4) is 0 Å². The zero-order valence-electron chi connectivity index (χ0n) is 11.0. The Kier molecular flexibility index (Phi) is 3.58. The molecule has 0 spiro atoms. The molecule has 1 aromatic heterocycles. The van der Waals surface area contributed by atoms with E-state index in [2.05, 4.69) is 17.2 Å². The maximum Gasteiger partial charge on any atom is 0.107 e. The van der Waals surface area contributed by atoms with Crippen molar-refractivity contribution in [2.45, 2.75) is 19.8 Å². The molecule has 3 rings (SSSR count). The molecule has 1 atom stereocenters. The van der Waals surface area contributed by atoms with Gasteiger partial charge in [0, 0.05) is 22.7 Å². The van der Waals surface area contributed by atoms with E-state index in [0.29, 0.717) is 5.92 Å². The van der Waals surface area contributed by atoms with Gasteiger partial charge in [-0.15, -0.1) is 0 Å². The summed E-state index contributed by atoms with van der Waals surface area (Å²) in [5, 5.41) is 4.15. The lowest BCUT2D eigenvalue weighted by atomic mass is 10.1. The molecule has 100 valence electrons. The van der Waals surface area contributed by atoms with Crippen LogP contribution in [-0.2, 0) is 6.42 Å². The third-order valence-electron chi connectivity index (χ3n) is 3.70. The number of nitrogens with one attached hydrogen (secondary N) is 2. The summed E-state index contributed by atoms with van der Waals surface area (Å²) in [6.07, 6.45) is 2.28. The Bertz CT molecular complexity index is 553. The molecule has 2 heterocycles. The number of benzene rings is 1. The van der Waals surface area contributed by atoms with Crippen molar-refractivity contribution in [2.75, 3.05) is 13.1 Å². The molecule has 1 saturated heterocycles. The Labute approximate surface area is 118 Å². The highest BCUT2D eigenvalue weighted by Crippen LogP contribution is 2.24. The normalized spacial score (nSPS) is 18.9. The summed E-state index contributed by atoms with van der Waals surface area (Å²) in [5.74, 6) is 1.81. The number of H-pyrrole nitrogens is 1. The van der Waals surface area contributed by atoms with E-state index in [0.717, 1.165) is 47.3 Å². The maximum absolute atomic E-state index is 5.92. The van der Waals surface area contributed by atoms with Gasteiger partial charge in [-0.25, -0.2) is 4.98 Å². The fraction of sp³-hybridized carbons (Fsp3) is 0.400. The van der Waals surface area contributed by atoms with E-state index in [1.807, 2.05) is 24.3 Å². The lowest BCUT2D eigenvalue weighted by molar-refractivity contribution is 0.564. The van der Waals surface area contributed by atoms with Crippen LogP contribution in [0, 0.1) is 12.8 Å². The Morgan fingerprint density at radius 2 is 2.11 bits per heavy atom. The van der Waals surface area contributed by atoms with Gasteiger partial charge >= 0.3 is 0 Å². The molecule has 2 aromatic rings. The zero-order valence-corrected chi connectivity index (χ0v) is 11.8. The van der Waals surface area contributed by atoms with Gasteiger partial charge in [-0.2, -0.15) is 0 Å². The van der Waals surface area contributed by atoms with E-state index >= 15 is 0 Å². The van der Waals surface area contributed by atoms with Gasteiger partial charge in [-0.1, -0.05) is 23.7 Å². The number of rotatable bonds is 3. The van der Waals surface area contributed by atoms with Crippen LogP contribution in [-0.4, -0.2) is 23.1 Å². The topological polar surface area (TPSA) is 40.7 Å². The number of halogens is 1. The number of aryl methyl sites for hydroxylation is 1. The molecule has 0 radical (unpaired) electrons. The maximum atomic E-state index is 5.92. The number of aromatic amines is 1. The Morgan fingerprint density at radius 1 is 1.32 bits per heavy atom. The molecule has 1 aliphatic heterocycles. The van der Waals surface area contributed by atoms with Gasteiger partial charge in [-0.3, -0.25) is 0 Å². The summed E-state index contributed by atoms with van der Waals surface area (Å²) in [6.45, 7) is 4.32. The van der Waals surface area contributed by atoms with E-state index < -0.39 is 0 Å². The predicted molar refractivity (Wildman–Crippen MR) is 78.5 cm³/mol. The van der Waals surface area contributed by atoms with E-state index in [-0.39, 0.29) is 0 Å². The minimum atomic E-state index is 0.712. The third-order valence-corrected chi connectivity index (χ3v) is 3.95. The fourth-order valence-electron chi connectivity index (χ4n) is 2.67. The Morgan fingerprint density at radius 3 is 2.79 bits per heavy atom. The number of imidazole rings is 1. The van der Waals surface area contributed by atoms with Crippen molar-refractivity contribution in [1.82, 2.24) is 15.3 Å². The molecule has 4 heteroatoms. The SMILES string of the molecule is Cc1[nH]c(CC2CCNC2)nc1-c1ccc(Cl)cc1.